The van der Waals surface area contributed by atoms with Crippen molar-refractivity contribution in [2.45, 2.75) is 37.1 Å². The van der Waals surface area contributed by atoms with Crippen LogP contribution in [0.15, 0.2) is 35.2 Å². The number of rotatable bonds is 8. The van der Waals surface area contributed by atoms with Gasteiger partial charge in [0.05, 0.1) is 0 Å². The van der Waals surface area contributed by atoms with Crippen LogP contribution < -0.4 is 11.1 Å². The van der Waals surface area contributed by atoms with E-state index in [1.807, 2.05) is 25.1 Å². The zero-order chi connectivity index (χ0) is 13.2. The van der Waals surface area contributed by atoms with Crippen molar-refractivity contribution < 1.29 is 4.79 Å². The Morgan fingerprint density at radius 1 is 1.39 bits per heavy atom. The molecule has 0 aliphatic carbocycles. The van der Waals surface area contributed by atoms with Crippen LogP contribution >= 0.6 is 11.8 Å². The van der Waals surface area contributed by atoms with Gasteiger partial charge in [0.1, 0.15) is 0 Å². The Morgan fingerprint density at radius 3 is 2.78 bits per heavy atom. The molecule has 1 aromatic rings. The first-order valence-electron chi connectivity index (χ1n) is 6.38. The highest BCUT2D eigenvalue weighted by atomic mass is 32.2. The molecular formula is C14H22N2OS. The minimum atomic E-state index is 0.129. The van der Waals surface area contributed by atoms with Crippen LogP contribution in [0.25, 0.3) is 0 Å². The van der Waals surface area contributed by atoms with Crippen molar-refractivity contribution in [2.75, 3.05) is 12.3 Å². The standard InChI is InChI=1S/C14H22N2OS/c1-12(15)6-5-9-14(17)16-10-11-18-13-7-3-2-4-8-13/h2-4,7-8,12H,5-6,9-11,15H2,1H3,(H,16,17). The zero-order valence-corrected chi connectivity index (χ0v) is 11.7. The number of carbonyl (C=O) groups excluding carboxylic acids is 1. The predicted octanol–water partition coefficient (Wildman–Crippen LogP) is 2.41. The summed E-state index contributed by atoms with van der Waals surface area (Å²) in [5.74, 6) is 1.03. The van der Waals surface area contributed by atoms with E-state index >= 15 is 0 Å². The van der Waals surface area contributed by atoms with Gasteiger partial charge in [-0.2, -0.15) is 0 Å². The molecule has 1 aromatic carbocycles. The normalized spacial score (nSPS) is 12.1. The Morgan fingerprint density at radius 2 is 2.11 bits per heavy atom. The lowest BCUT2D eigenvalue weighted by molar-refractivity contribution is -0.121. The molecule has 0 fully saturated rings. The molecule has 0 saturated heterocycles. The maximum atomic E-state index is 11.5. The molecule has 0 radical (unpaired) electrons. The van der Waals surface area contributed by atoms with E-state index in [4.69, 9.17) is 5.73 Å². The van der Waals surface area contributed by atoms with Crippen LogP contribution in [0.1, 0.15) is 26.2 Å². The van der Waals surface area contributed by atoms with Gasteiger partial charge in [0.25, 0.3) is 0 Å². The molecule has 0 aliphatic heterocycles. The molecule has 100 valence electrons. The van der Waals surface area contributed by atoms with Gasteiger partial charge in [0, 0.05) is 29.7 Å². The first kappa shape index (κ1) is 15.1. The fraction of sp³-hybridized carbons (Fsp3) is 0.500. The lowest BCUT2D eigenvalue weighted by atomic mass is 10.1. The Hall–Kier alpha value is -1.00. The topological polar surface area (TPSA) is 55.1 Å². The molecule has 1 rings (SSSR count). The Balaban J connectivity index is 2.02. The van der Waals surface area contributed by atoms with Crippen LogP contribution in [0.4, 0.5) is 0 Å². The third-order valence-electron chi connectivity index (χ3n) is 2.50. The zero-order valence-electron chi connectivity index (χ0n) is 10.9. The monoisotopic (exact) mass is 266 g/mol. The van der Waals surface area contributed by atoms with Crippen molar-refractivity contribution in [3.8, 4) is 0 Å². The van der Waals surface area contributed by atoms with Gasteiger partial charge in [-0.05, 0) is 31.9 Å². The fourth-order valence-corrected chi connectivity index (χ4v) is 2.34. The third-order valence-corrected chi connectivity index (χ3v) is 3.51. The Kier molecular flexibility index (Phi) is 7.53. The fourth-order valence-electron chi connectivity index (χ4n) is 1.55. The number of carbonyl (C=O) groups is 1. The average molecular weight is 266 g/mol. The van der Waals surface area contributed by atoms with Crippen molar-refractivity contribution >= 4 is 17.7 Å². The highest BCUT2D eigenvalue weighted by Gasteiger charge is 2.02. The Labute approximate surface area is 114 Å². The molecular weight excluding hydrogens is 244 g/mol. The predicted molar refractivity (Wildman–Crippen MR) is 77.7 cm³/mol. The number of amides is 1. The number of nitrogens with one attached hydrogen (secondary N) is 1. The molecule has 0 aliphatic rings. The van der Waals surface area contributed by atoms with Crippen LogP contribution in [0, 0.1) is 0 Å². The first-order chi connectivity index (χ1) is 8.68. The molecule has 3 nitrogen and oxygen atoms in total. The number of nitrogens with two attached hydrogens (primary N) is 1. The summed E-state index contributed by atoms with van der Waals surface area (Å²) in [6, 6.07) is 10.4. The summed E-state index contributed by atoms with van der Waals surface area (Å²) in [5, 5.41) is 2.93. The number of hydrogen-bond donors (Lipinski definition) is 2. The van der Waals surface area contributed by atoms with Gasteiger partial charge in [-0.1, -0.05) is 18.2 Å². The lowest BCUT2D eigenvalue weighted by Gasteiger charge is -2.06. The molecule has 1 unspecified atom stereocenters. The van der Waals surface area contributed by atoms with Crippen LogP contribution in [0.5, 0.6) is 0 Å². The van der Waals surface area contributed by atoms with E-state index in [2.05, 4.69) is 17.4 Å². The van der Waals surface area contributed by atoms with Crippen LogP contribution in [-0.2, 0) is 4.79 Å². The largest absolute Gasteiger partial charge is 0.355 e. The molecule has 0 spiro atoms. The highest BCUT2D eigenvalue weighted by molar-refractivity contribution is 7.99. The summed E-state index contributed by atoms with van der Waals surface area (Å²) in [6.45, 7) is 2.69. The average Bonchev–Trinajstić information content (AvgIpc) is 2.35. The van der Waals surface area contributed by atoms with E-state index in [1.54, 1.807) is 11.8 Å². The number of hydrogen-bond acceptors (Lipinski definition) is 3. The quantitative estimate of drug-likeness (QED) is 0.561. The third kappa shape index (κ3) is 7.35. The van der Waals surface area contributed by atoms with E-state index in [0.717, 1.165) is 25.1 Å². The molecule has 0 heterocycles. The second kappa shape index (κ2) is 9.00. The number of benzene rings is 1. The maximum absolute atomic E-state index is 11.5. The van der Waals surface area contributed by atoms with Gasteiger partial charge >= 0.3 is 0 Å². The molecule has 1 amide bonds. The SMILES string of the molecule is CC(N)CCCC(=O)NCCSc1ccccc1. The summed E-state index contributed by atoms with van der Waals surface area (Å²) in [6.07, 6.45) is 2.36. The summed E-state index contributed by atoms with van der Waals surface area (Å²) in [4.78, 5) is 12.7. The van der Waals surface area contributed by atoms with Crippen molar-refractivity contribution in [3.63, 3.8) is 0 Å². The van der Waals surface area contributed by atoms with Gasteiger partial charge < -0.3 is 11.1 Å². The smallest absolute Gasteiger partial charge is 0.220 e. The summed E-state index contributed by atoms with van der Waals surface area (Å²) in [7, 11) is 0. The minimum absolute atomic E-state index is 0.129. The molecule has 0 aromatic heterocycles. The second-order valence-electron chi connectivity index (χ2n) is 4.38. The molecule has 4 heteroatoms. The van der Waals surface area contributed by atoms with E-state index in [9.17, 15) is 4.79 Å². The van der Waals surface area contributed by atoms with Crippen molar-refractivity contribution in [1.29, 1.82) is 0 Å². The molecule has 3 N–H and O–H groups in total. The van der Waals surface area contributed by atoms with E-state index in [0.29, 0.717) is 6.42 Å². The minimum Gasteiger partial charge on any atom is -0.355 e. The van der Waals surface area contributed by atoms with Gasteiger partial charge in [-0.15, -0.1) is 11.8 Å². The molecule has 18 heavy (non-hydrogen) atoms. The second-order valence-corrected chi connectivity index (χ2v) is 5.55. The summed E-state index contributed by atoms with van der Waals surface area (Å²) in [5.41, 5.74) is 5.63. The molecule has 0 saturated carbocycles. The highest BCUT2D eigenvalue weighted by Crippen LogP contribution is 2.15. The van der Waals surface area contributed by atoms with Crippen LogP contribution in [0.3, 0.4) is 0 Å². The van der Waals surface area contributed by atoms with Crippen molar-refractivity contribution in [3.05, 3.63) is 30.3 Å². The summed E-state index contributed by atoms with van der Waals surface area (Å²) < 4.78 is 0. The van der Waals surface area contributed by atoms with Gasteiger partial charge in [-0.3, -0.25) is 4.79 Å². The maximum Gasteiger partial charge on any atom is 0.220 e. The summed E-state index contributed by atoms with van der Waals surface area (Å²) >= 11 is 1.76. The van der Waals surface area contributed by atoms with Gasteiger partial charge in [0.2, 0.25) is 5.91 Å². The molecule has 0 bridgehead atoms. The van der Waals surface area contributed by atoms with Crippen molar-refractivity contribution in [1.82, 2.24) is 5.32 Å². The number of thioether (sulfide) groups is 1. The van der Waals surface area contributed by atoms with E-state index in [1.165, 1.54) is 4.90 Å². The van der Waals surface area contributed by atoms with Gasteiger partial charge in [0.15, 0.2) is 0 Å². The lowest BCUT2D eigenvalue weighted by Crippen LogP contribution is -2.26. The van der Waals surface area contributed by atoms with Crippen molar-refractivity contribution in [2.24, 2.45) is 5.73 Å². The Bertz CT molecular complexity index is 341. The van der Waals surface area contributed by atoms with Crippen LogP contribution in [0.2, 0.25) is 0 Å². The molecule has 1 atom stereocenters. The van der Waals surface area contributed by atoms with E-state index in [-0.39, 0.29) is 11.9 Å². The van der Waals surface area contributed by atoms with E-state index < -0.39 is 0 Å². The van der Waals surface area contributed by atoms with Gasteiger partial charge in [-0.25, -0.2) is 0 Å². The van der Waals surface area contributed by atoms with Crippen LogP contribution in [-0.4, -0.2) is 24.2 Å². The first-order valence-corrected chi connectivity index (χ1v) is 7.37.